The second kappa shape index (κ2) is 5.74. The Morgan fingerprint density at radius 3 is 2.90 bits per heavy atom. The van der Waals surface area contributed by atoms with E-state index in [1.807, 2.05) is 0 Å². The fraction of sp³-hybridized carbons (Fsp3) is 0.545. The maximum absolute atomic E-state index is 12.3. The molecule has 1 aromatic rings. The molecule has 0 spiro atoms. The highest BCUT2D eigenvalue weighted by atomic mass is 19.1. The van der Waals surface area contributed by atoms with Gasteiger partial charge in [-0.25, -0.2) is 9.18 Å². The zero-order valence-electron chi connectivity index (χ0n) is 10.8. The third kappa shape index (κ3) is 2.59. The molecule has 1 aromatic heterocycles. The molecule has 1 aliphatic rings. The van der Waals surface area contributed by atoms with Crippen LogP contribution in [0.25, 0.3) is 0 Å². The fourth-order valence-corrected chi connectivity index (χ4v) is 2.05. The van der Waals surface area contributed by atoms with E-state index < -0.39 is 42.9 Å². The largest absolute Gasteiger partial charge is 0.394 e. The fourth-order valence-electron chi connectivity index (χ4n) is 2.05. The van der Waals surface area contributed by atoms with E-state index in [0.717, 1.165) is 10.9 Å². The van der Waals surface area contributed by atoms with E-state index in [2.05, 4.69) is 21.9 Å². The van der Waals surface area contributed by atoms with Crippen LogP contribution in [0.3, 0.4) is 0 Å². The standard InChI is InChI=1S/C11H14FN5O4/c12-3-1-2-11(14)8(19)6(5-18)21-9(11)17-10(20)16-7(13)4-15-17/h4,6,8-9,18-19H,3,5,14H2,(H2,13,16,20)/t6-,8?,9-,11-/m1/s1. The number of anilines is 1. The molecule has 0 radical (unpaired) electrons. The molecule has 1 aliphatic heterocycles. The smallest absolute Gasteiger partial charge is 0.368 e. The van der Waals surface area contributed by atoms with E-state index in [1.54, 1.807) is 0 Å². The van der Waals surface area contributed by atoms with Gasteiger partial charge in [-0.05, 0) is 0 Å². The highest BCUT2D eigenvalue weighted by Crippen LogP contribution is 2.35. The van der Waals surface area contributed by atoms with Crippen LogP contribution < -0.4 is 17.2 Å². The van der Waals surface area contributed by atoms with Crippen molar-refractivity contribution in [2.75, 3.05) is 19.0 Å². The summed E-state index contributed by atoms with van der Waals surface area (Å²) in [6.07, 6.45) is -2.80. The molecule has 1 fully saturated rings. The molecule has 2 rings (SSSR count). The summed E-state index contributed by atoms with van der Waals surface area (Å²) in [6.45, 7) is -1.56. The van der Waals surface area contributed by atoms with Gasteiger partial charge in [0.05, 0.1) is 12.8 Å². The van der Waals surface area contributed by atoms with Crippen LogP contribution in [0.4, 0.5) is 10.2 Å². The molecule has 9 nitrogen and oxygen atoms in total. The highest BCUT2D eigenvalue weighted by molar-refractivity contribution is 5.26. The molecular formula is C11H14FN5O4. The number of halogens is 1. The second-order valence-electron chi connectivity index (χ2n) is 4.43. The average molecular weight is 299 g/mol. The van der Waals surface area contributed by atoms with Crippen LogP contribution in [-0.2, 0) is 4.74 Å². The number of hydrogen-bond acceptors (Lipinski definition) is 8. The normalized spacial score (nSPS) is 31.7. The Hall–Kier alpha value is -2.06. The van der Waals surface area contributed by atoms with Crippen molar-refractivity contribution in [3.63, 3.8) is 0 Å². The Morgan fingerprint density at radius 1 is 1.62 bits per heavy atom. The SMILES string of the molecule is Nc1cnn([C@@H]2O[C@H](CO)C(O)[C@]2(N)C#CCF)c(=O)n1. The Kier molecular flexibility index (Phi) is 4.19. The monoisotopic (exact) mass is 299 g/mol. The van der Waals surface area contributed by atoms with Gasteiger partial charge in [-0.2, -0.15) is 14.8 Å². The first-order valence-corrected chi connectivity index (χ1v) is 5.94. The third-order valence-electron chi connectivity index (χ3n) is 3.06. The van der Waals surface area contributed by atoms with Crippen LogP contribution in [0, 0.1) is 11.8 Å². The quantitative estimate of drug-likeness (QED) is 0.426. The first kappa shape index (κ1) is 15.3. The van der Waals surface area contributed by atoms with E-state index in [1.165, 1.54) is 0 Å². The molecule has 0 aromatic carbocycles. The number of aliphatic hydroxyl groups excluding tert-OH is 2. The maximum Gasteiger partial charge on any atom is 0.368 e. The predicted molar refractivity (Wildman–Crippen MR) is 68.4 cm³/mol. The number of nitrogens with two attached hydrogens (primary N) is 2. The molecule has 2 heterocycles. The summed E-state index contributed by atoms with van der Waals surface area (Å²) >= 11 is 0. The van der Waals surface area contributed by atoms with Gasteiger partial charge in [0, 0.05) is 0 Å². The zero-order chi connectivity index (χ0) is 15.6. The molecule has 0 aliphatic carbocycles. The second-order valence-corrected chi connectivity index (χ2v) is 4.43. The minimum atomic E-state index is -1.83. The minimum Gasteiger partial charge on any atom is -0.394 e. The summed E-state index contributed by atoms with van der Waals surface area (Å²) < 4.78 is 18.3. The van der Waals surface area contributed by atoms with Gasteiger partial charge in [0.1, 0.15) is 24.7 Å². The minimum absolute atomic E-state index is 0.106. The summed E-state index contributed by atoms with van der Waals surface area (Å²) in [6, 6.07) is 0. The molecule has 0 bridgehead atoms. The van der Waals surface area contributed by atoms with Crippen molar-refractivity contribution in [1.29, 1.82) is 0 Å². The topological polar surface area (TPSA) is 150 Å². The van der Waals surface area contributed by atoms with Gasteiger partial charge < -0.3 is 26.4 Å². The lowest BCUT2D eigenvalue weighted by Crippen LogP contribution is -2.55. The molecular weight excluding hydrogens is 285 g/mol. The van der Waals surface area contributed by atoms with Crippen LogP contribution in [-0.4, -0.2) is 56.0 Å². The van der Waals surface area contributed by atoms with Crippen molar-refractivity contribution in [2.24, 2.45) is 5.73 Å². The number of aromatic nitrogens is 3. The van der Waals surface area contributed by atoms with Crippen LogP contribution in [0.2, 0.25) is 0 Å². The molecule has 0 saturated carbocycles. The number of alkyl halides is 1. The van der Waals surface area contributed by atoms with Crippen LogP contribution >= 0.6 is 0 Å². The summed E-state index contributed by atoms with van der Waals surface area (Å²) in [4.78, 5) is 15.3. The third-order valence-corrected chi connectivity index (χ3v) is 3.06. The van der Waals surface area contributed by atoms with E-state index >= 15 is 0 Å². The van der Waals surface area contributed by atoms with E-state index in [-0.39, 0.29) is 5.82 Å². The van der Waals surface area contributed by atoms with Crippen molar-refractivity contribution < 1.29 is 19.3 Å². The van der Waals surface area contributed by atoms with Gasteiger partial charge in [-0.3, -0.25) is 0 Å². The summed E-state index contributed by atoms with van der Waals surface area (Å²) in [7, 11) is 0. The summed E-state index contributed by atoms with van der Waals surface area (Å²) in [5, 5.41) is 23.0. The molecule has 114 valence electrons. The number of nitrogens with zero attached hydrogens (tertiary/aromatic N) is 3. The highest BCUT2D eigenvalue weighted by Gasteiger charge is 2.55. The molecule has 21 heavy (non-hydrogen) atoms. The van der Waals surface area contributed by atoms with Crippen LogP contribution in [0.1, 0.15) is 6.23 Å². The molecule has 1 saturated heterocycles. The van der Waals surface area contributed by atoms with Gasteiger partial charge in [0.15, 0.2) is 11.8 Å². The van der Waals surface area contributed by atoms with Crippen molar-refractivity contribution in [2.45, 2.75) is 24.0 Å². The van der Waals surface area contributed by atoms with Crippen molar-refractivity contribution in [3.05, 3.63) is 16.7 Å². The zero-order valence-corrected chi connectivity index (χ0v) is 10.8. The summed E-state index contributed by atoms with van der Waals surface area (Å²) in [5.41, 5.74) is 8.58. The lowest BCUT2D eigenvalue weighted by atomic mass is 9.92. The molecule has 1 unspecified atom stereocenters. The molecule has 6 N–H and O–H groups in total. The first-order valence-electron chi connectivity index (χ1n) is 5.94. The van der Waals surface area contributed by atoms with Gasteiger partial charge in [-0.1, -0.05) is 11.8 Å². The Labute approximate surface area is 118 Å². The van der Waals surface area contributed by atoms with E-state index in [4.69, 9.17) is 21.3 Å². The molecule has 0 amide bonds. The van der Waals surface area contributed by atoms with Gasteiger partial charge in [-0.15, -0.1) is 0 Å². The summed E-state index contributed by atoms with van der Waals surface area (Å²) in [5.74, 6) is 4.30. The predicted octanol–water partition coefficient (Wildman–Crippen LogP) is -2.86. The lowest BCUT2D eigenvalue weighted by molar-refractivity contribution is -0.0528. The van der Waals surface area contributed by atoms with Gasteiger partial charge in [0.2, 0.25) is 0 Å². The number of nitrogen functional groups attached to an aromatic ring is 1. The van der Waals surface area contributed by atoms with E-state index in [0.29, 0.717) is 0 Å². The lowest BCUT2D eigenvalue weighted by Gasteiger charge is -2.26. The Morgan fingerprint density at radius 2 is 2.33 bits per heavy atom. The van der Waals surface area contributed by atoms with Crippen molar-refractivity contribution in [3.8, 4) is 11.8 Å². The number of aliphatic hydroxyl groups is 2. The number of rotatable bonds is 2. The first-order chi connectivity index (χ1) is 9.93. The number of hydrogen-bond donors (Lipinski definition) is 4. The van der Waals surface area contributed by atoms with Crippen LogP contribution in [0.15, 0.2) is 11.0 Å². The number of ether oxygens (including phenoxy) is 1. The molecule has 4 atom stereocenters. The van der Waals surface area contributed by atoms with Crippen molar-refractivity contribution >= 4 is 5.82 Å². The molecule has 10 heteroatoms. The van der Waals surface area contributed by atoms with Gasteiger partial charge in [0.25, 0.3) is 0 Å². The van der Waals surface area contributed by atoms with E-state index in [9.17, 15) is 14.3 Å². The van der Waals surface area contributed by atoms with Gasteiger partial charge >= 0.3 is 5.69 Å². The Bertz CT molecular complexity index is 641. The van der Waals surface area contributed by atoms with Crippen molar-refractivity contribution in [1.82, 2.24) is 14.8 Å². The Balaban J connectivity index is 2.51. The van der Waals surface area contributed by atoms with Crippen LogP contribution in [0.5, 0.6) is 0 Å². The average Bonchev–Trinajstić information content (AvgIpc) is 2.70. The maximum atomic E-state index is 12.3.